The van der Waals surface area contributed by atoms with Gasteiger partial charge in [0.2, 0.25) is 5.91 Å². The van der Waals surface area contributed by atoms with Gasteiger partial charge in [-0.05, 0) is 78.2 Å². The van der Waals surface area contributed by atoms with E-state index in [0.717, 1.165) is 18.7 Å². The van der Waals surface area contributed by atoms with Crippen LogP contribution in [0.2, 0.25) is 0 Å². The van der Waals surface area contributed by atoms with Crippen molar-refractivity contribution in [3.63, 3.8) is 0 Å². The molecule has 0 aliphatic heterocycles. The van der Waals surface area contributed by atoms with Crippen molar-refractivity contribution in [3.05, 3.63) is 130 Å². The molecule has 62 heavy (non-hydrogen) atoms. The number of carboxylic acids is 1. The first-order valence-electron chi connectivity index (χ1n) is 18.6. The van der Waals surface area contributed by atoms with Crippen molar-refractivity contribution < 1.29 is 58.7 Å². The number of pyridine rings is 1. The lowest BCUT2D eigenvalue weighted by Gasteiger charge is -2.16. The number of carbonyl (C=O) groups excluding carboxylic acids is 5. The average Bonchev–Trinajstić information content (AvgIpc) is 3.24. The number of rotatable bonds is 17. The van der Waals surface area contributed by atoms with Gasteiger partial charge in [0.25, 0.3) is 11.8 Å². The van der Waals surface area contributed by atoms with E-state index in [1.807, 2.05) is 6.07 Å². The van der Waals surface area contributed by atoms with Crippen molar-refractivity contribution >= 4 is 58.4 Å². The molecule has 0 unspecified atom stereocenters. The molecule has 4 aromatic carbocycles. The predicted octanol–water partition coefficient (Wildman–Crippen LogP) is 6.37. The maximum Gasteiger partial charge on any atom is 0.339 e. The van der Waals surface area contributed by atoms with Crippen LogP contribution in [0.25, 0.3) is 6.08 Å². The summed E-state index contributed by atoms with van der Waals surface area (Å²) in [5, 5.41) is 56.9. The molecule has 0 aliphatic rings. The number of methoxy groups -OCH3 is 2. The number of carboxylic acid groups (broad SMARTS) is 1. The average molecular weight is 842 g/mol. The summed E-state index contributed by atoms with van der Waals surface area (Å²) < 4.78 is 10.3. The number of nitriles is 1. The molecule has 0 aliphatic carbocycles. The van der Waals surface area contributed by atoms with Crippen LogP contribution in [0, 0.1) is 17.2 Å². The third-order valence-corrected chi connectivity index (χ3v) is 9.40. The zero-order chi connectivity index (χ0) is 45.1. The summed E-state index contributed by atoms with van der Waals surface area (Å²) in [4.78, 5) is 80.9. The van der Waals surface area contributed by atoms with Crippen LogP contribution in [0.1, 0.15) is 72.5 Å². The number of hydrogen-bond donors (Lipinski definition) is 7. The Morgan fingerprint density at radius 1 is 0.758 bits per heavy atom. The van der Waals surface area contributed by atoms with Crippen LogP contribution < -0.4 is 25.4 Å². The molecule has 1 aromatic heterocycles. The third-order valence-electron chi connectivity index (χ3n) is 9.40. The van der Waals surface area contributed by atoms with Gasteiger partial charge < -0.3 is 45.9 Å². The molecular weight excluding hydrogens is 803 g/mol. The Hall–Kier alpha value is -8.52. The minimum absolute atomic E-state index is 0.0480. The fraction of sp³-hybridized carbons (Fsp3) is 0.156. The molecule has 0 bridgehead atoms. The lowest BCUT2D eigenvalue weighted by molar-refractivity contribution is -0.119. The monoisotopic (exact) mass is 841 g/mol. The molecule has 0 saturated carbocycles. The van der Waals surface area contributed by atoms with Crippen molar-refractivity contribution in [2.24, 2.45) is 5.92 Å². The Balaban J connectivity index is 1.18. The lowest BCUT2D eigenvalue weighted by Crippen LogP contribution is -2.25. The maximum absolute atomic E-state index is 13.2. The number of ether oxygens (including phenoxy) is 2. The van der Waals surface area contributed by atoms with Crippen LogP contribution in [-0.2, 0) is 16.0 Å². The van der Waals surface area contributed by atoms with Crippen LogP contribution >= 0.6 is 0 Å². The van der Waals surface area contributed by atoms with Crippen LogP contribution in [0.15, 0.2) is 96.7 Å². The summed E-state index contributed by atoms with van der Waals surface area (Å²) in [7, 11) is 2.34. The molecule has 5 rings (SSSR count). The van der Waals surface area contributed by atoms with Gasteiger partial charge in [0, 0.05) is 24.8 Å². The first-order valence-corrected chi connectivity index (χ1v) is 18.6. The molecule has 0 spiro atoms. The van der Waals surface area contributed by atoms with Crippen molar-refractivity contribution in [1.82, 2.24) is 4.98 Å². The zero-order valence-corrected chi connectivity index (χ0v) is 33.4. The zero-order valence-electron chi connectivity index (χ0n) is 33.4. The number of aromatic hydroxyl groups is 3. The number of allylic oxidation sites excluding steroid dienone is 1. The second-order valence-corrected chi connectivity index (χ2v) is 13.6. The van der Waals surface area contributed by atoms with Gasteiger partial charge >= 0.3 is 5.97 Å². The highest BCUT2D eigenvalue weighted by molar-refractivity contribution is 6.10. The Labute approximate surface area is 353 Å². The molecule has 1 heterocycles. The van der Waals surface area contributed by atoms with Gasteiger partial charge in [-0.1, -0.05) is 36.4 Å². The number of aromatic nitrogens is 1. The van der Waals surface area contributed by atoms with E-state index in [1.165, 1.54) is 55.8 Å². The predicted molar refractivity (Wildman–Crippen MR) is 225 cm³/mol. The molecule has 3 amide bonds. The number of ketones is 2. The number of anilines is 3. The second-order valence-electron chi connectivity index (χ2n) is 13.6. The number of hydrogen-bond acceptors (Lipinski definition) is 13. The molecule has 316 valence electrons. The number of nitrogens with one attached hydrogen (secondary N) is 3. The lowest BCUT2D eigenvalue weighted by atomic mass is 9.94. The van der Waals surface area contributed by atoms with E-state index in [-0.39, 0.29) is 70.6 Å². The van der Waals surface area contributed by atoms with Crippen LogP contribution in [-0.4, -0.2) is 74.9 Å². The smallest absolute Gasteiger partial charge is 0.339 e. The molecule has 0 saturated heterocycles. The molecule has 0 fully saturated rings. The topological polar surface area (TPSA) is 275 Å². The Kier molecular flexibility index (Phi) is 14.4. The summed E-state index contributed by atoms with van der Waals surface area (Å²) in [5.41, 5.74) is 1.35. The number of nitrogens with zero attached hydrogens (tertiary/aromatic N) is 2. The van der Waals surface area contributed by atoms with Gasteiger partial charge in [0.05, 0.1) is 55.0 Å². The van der Waals surface area contributed by atoms with E-state index in [1.54, 1.807) is 49.4 Å². The van der Waals surface area contributed by atoms with Crippen LogP contribution in [0.4, 0.5) is 17.1 Å². The number of amides is 3. The third kappa shape index (κ3) is 10.7. The van der Waals surface area contributed by atoms with E-state index < -0.39 is 52.5 Å². The molecule has 17 nitrogen and oxygen atoms in total. The maximum atomic E-state index is 13.2. The highest BCUT2D eigenvalue weighted by Gasteiger charge is 2.25. The van der Waals surface area contributed by atoms with Crippen LogP contribution in [0.5, 0.6) is 28.7 Å². The van der Waals surface area contributed by atoms with E-state index in [2.05, 4.69) is 20.9 Å². The number of phenols is 3. The molecule has 0 radical (unpaired) electrons. The number of carbonyl (C=O) groups is 6. The Morgan fingerprint density at radius 2 is 1.35 bits per heavy atom. The van der Waals surface area contributed by atoms with E-state index in [0.29, 0.717) is 16.7 Å². The first kappa shape index (κ1) is 44.6. The standard InChI is InChI=1S/C45H39N5O12/c1-24(20-25-6-11-30(51)12-7-25)36(52)21-26-4-8-27(9-5-26)37(53)22-28(18-19-46)42(56)48-29-10-15-35(47-23-29)44(58)50-34-16-13-31(38(54)40(34)61-2)43(57)49-33-17-14-32(45(59)60)39(55)41(33)62-3/h4-17,20,23,28,51,54-55H,18,21-22H2,1-3H3,(H,48,56)(H,49,57)(H,50,58)(H,59,60)/b24-20+/t28-/m1/s1. The van der Waals surface area contributed by atoms with Gasteiger partial charge in [-0.25, -0.2) is 9.78 Å². The molecule has 17 heteroatoms. The summed E-state index contributed by atoms with van der Waals surface area (Å²) in [5.74, 6) is -7.16. The van der Waals surface area contributed by atoms with Crippen molar-refractivity contribution in [2.45, 2.75) is 26.2 Å². The Morgan fingerprint density at radius 3 is 1.92 bits per heavy atom. The minimum atomic E-state index is -1.43. The largest absolute Gasteiger partial charge is 0.508 e. The Bertz CT molecular complexity index is 2620. The van der Waals surface area contributed by atoms with Crippen molar-refractivity contribution in [3.8, 4) is 34.8 Å². The highest BCUT2D eigenvalue weighted by atomic mass is 16.5. The van der Waals surface area contributed by atoms with Gasteiger partial charge in [0.1, 0.15) is 17.0 Å². The summed E-state index contributed by atoms with van der Waals surface area (Å²) >= 11 is 0. The minimum Gasteiger partial charge on any atom is -0.508 e. The van der Waals surface area contributed by atoms with E-state index >= 15 is 0 Å². The second kappa shape index (κ2) is 20.0. The SMILES string of the molecule is COc1c(NC(=O)c2ccc(NC(=O)c3ccc(NC(=O)[C@H](CC#N)CC(=O)c4ccc(CC(=O)/C(C)=C/c5ccc(O)cc5)cc4)cn3)c(OC)c2O)ccc(C(=O)O)c1O. The van der Waals surface area contributed by atoms with Crippen molar-refractivity contribution in [2.75, 3.05) is 30.2 Å². The van der Waals surface area contributed by atoms with Gasteiger partial charge in [0.15, 0.2) is 34.6 Å². The summed E-state index contributed by atoms with van der Waals surface area (Å²) in [6.07, 6.45) is 2.45. The summed E-state index contributed by atoms with van der Waals surface area (Å²) in [6, 6.07) is 22.1. The van der Waals surface area contributed by atoms with Gasteiger partial charge in [-0.15, -0.1) is 0 Å². The normalized spacial score (nSPS) is 11.4. The molecule has 1 atom stereocenters. The fourth-order valence-electron chi connectivity index (χ4n) is 6.07. The number of aromatic carboxylic acids is 1. The van der Waals surface area contributed by atoms with Crippen LogP contribution in [0.3, 0.4) is 0 Å². The van der Waals surface area contributed by atoms with E-state index in [4.69, 9.17) is 9.47 Å². The van der Waals surface area contributed by atoms with Gasteiger partial charge in [-0.2, -0.15) is 5.26 Å². The number of benzene rings is 4. The molecule has 5 aromatic rings. The molecule has 7 N–H and O–H groups in total. The number of phenolic OH excluding ortho intramolecular Hbond substituents is 2. The summed E-state index contributed by atoms with van der Waals surface area (Å²) in [6.45, 7) is 1.69. The van der Waals surface area contributed by atoms with Gasteiger partial charge in [-0.3, -0.25) is 24.0 Å². The number of Topliss-reactive ketones (excluding diaryl/α,β-unsaturated/α-hetero) is 2. The first-order chi connectivity index (χ1) is 29.6. The fourth-order valence-corrected chi connectivity index (χ4v) is 6.07. The quantitative estimate of drug-likeness (QED) is 0.0396. The van der Waals surface area contributed by atoms with E-state index in [9.17, 15) is 54.5 Å². The van der Waals surface area contributed by atoms with Crippen molar-refractivity contribution in [1.29, 1.82) is 5.26 Å². The molecular formula is C45H39N5O12. The highest BCUT2D eigenvalue weighted by Crippen LogP contribution is 2.40.